The van der Waals surface area contributed by atoms with Gasteiger partial charge in [-0.15, -0.1) is 0 Å². The number of carbonyl (C=O) groups excluding carboxylic acids is 1. The Hall–Kier alpha value is -0.730. The van der Waals surface area contributed by atoms with Gasteiger partial charge in [0.15, 0.2) is 0 Å². The second kappa shape index (κ2) is 5.07. The van der Waals surface area contributed by atoms with Crippen LogP contribution in [0.1, 0.15) is 47.5 Å². The molecule has 1 aliphatic rings. The van der Waals surface area contributed by atoms with Crippen LogP contribution in [-0.2, 0) is 0 Å². The Balaban J connectivity index is 2.47. The van der Waals surface area contributed by atoms with Crippen LogP contribution < -0.4 is 5.32 Å². The zero-order valence-corrected chi connectivity index (χ0v) is 11.3. The van der Waals surface area contributed by atoms with Crippen molar-refractivity contribution in [2.75, 3.05) is 13.1 Å². The molecule has 3 nitrogen and oxygen atoms in total. The molecule has 0 radical (unpaired) electrons. The topological polar surface area (TPSA) is 32.3 Å². The smallest absolute Gasteiger partial charge is 0.317 e. The molecule has 1 rings (SSSR count). The van der Waals surface area contributed by atoms with Crippen molar-refractivity contribution in [3.05, 3.63) is 0 Å². The first-order valence-electron chi connectivity index (χ1n) is 6.36. The van der Waals surface area contributed by atoms with Gasteiger partial charge >= 0.3 is 6.03 Å². The van der Waals surface area contributed by atoms with Crippen molar-refractivity contribution >= 4 is 6.03 Å². The zero-order valence-electron chi connectivity index (χ0n) is 11.3. The van der Waals surface area contributed by atoms with Crippen molar-refractivity contribution in [3.63, 3.8) is 0 Å². The second-order valence-electron chi connectivity index (χ2n) is 6.37. The molecule has 1 saturated heterocycles. The first-order valence-corrected chi connectivity index (χ1v) is 6.36. The summed E-state index contributed by atoms with van der Waals surface area (Å²) in [6.07, 6.45) is 2.30. The Labute approximate surface area is 99.6 Å². The van der Waals surface area contributed by atoms with Crippen molar-refractivity contribution in [2.24, 2.45) is 11.3 Å². The van der Waals surface area contributed by atoms with Crippen molar-refractivity contribution < 1.29 is 4.79 Å². The third-order valence-corrected chi connectivity index (χ3v) is 3.10. The molecule has 0 aromatic heterocycles. The standard InChI is InChI=1S/C13H26N2O/c1-10(2)11-7-6-8-15(11)12(16)14-9-13(3,4)5/h10-11H,6-9H2,1-5H3,(H,14,16). The van der Waals surface area contributed by atoms with Crippen molar-refractivity contribution in [3.8, 4) is 0 Å². The van der Waals surface area contributed by atoms with Gasteiger partial charge in [0, 0.05) is 19.1 Å². The maximum absolute atomic E-state index is 12.0. The van der Waals surface area contributed by atoms with Gasteiger partial charge in [-0.3, -0.25) is 0 Å². The Morgan fingerprint density at radius 1 is 1.44 bits per heavy atom. The highest BCUT2D eigenvalue weighted by Crippen LogP contribution is 2.23. The number of nitrogens with one attached hydrogen (secondary N) is 1. The monoisotopic (exact) mass is 226 g/mol. The van der Waals surface area contributed by atoms with Crippen molar-refractivity contribution in [2.45, 2.75) is 53.5 Å². The van der Waals surface area contributed by atoms with Gasteiger partial charge in [0.25, 0.3) is 0 Å². The predicted octanol–water partition coefficient (Wildman–Crippen LogP) is 2.86. The van der Waals surface area contributed by atoms with Gasteiger partial charge < -0.3 is 10.2 Å². The summed E-state index contributed by atoms with van der Waals surface area (Å²) in [5, 5.41) is 3.04. The van der Waals surface area contributed by atoms with Crippen LogP contribution in [0.5, 0.6) is 0 Å². The average Bonchev–Trinajstić information content (AvgIpc) is 2.61. The summed E-state index contributed by atoms with van der Waals surface area (Å²) in [5.74, 6) is 0.558. The maximum Gasteiger partial charge on any atom is 0.317 e. The fourth-order valence-corrected chi connectivity index (χ4v) is 2.18. The summed E-state index contributed by atoms with van der Waals surface area (Å²) in [6.45, 7) is 12.5. The molecule has 94 valence electrons. The van der Waals surface area contributed by atoms with Crippen LogP contribution in [0.25, 0.3) is 0 Å². The van der Waals surface area contributed by atoms with Crippen molar-refractivity contribution in [1.82, 2.24) is 10.2 Å². The van der Waals surface area contributed by atoms with Crippen LogP contribution in [0.15, 0.2) is 0 Å². The lowest BCUT2D eigenvalue weighted by atomic mass is 9.97. The quantitative estimate of drug-likeness (QED) is 0.771. The molecule has 0 aromatic rings. The lowest BCUT2D eigenvalue weighted by molar-refractivity contribution is 0.175. The molecule has 0 saturated carbocycles. The fraction of sp³-hybridized carbons (Fsp3) is 0.923. The normalized spacial score (nSPS) is 21.6. The van der Waals surface area contributed by atoms with Gasteiger partial charge in [0.1, 0.15) is 0 Å². The summed E-state index contributed by atoms with van der Waals surface area (Å²) < 4.78 is 0. The van der Waals surface area contributed by atoms with E-state index in [-0.39, 0.29) is 11.4 Å². The Kier molecular flexibility index (Phi) is 4.22. The van der Waals surface area contributed by atoms with Crippen LogP contribution in [-0.4, -0.2) is 30.1 Å². The Morgan fingerprint density at radius 2 is 2.06 bits per heavy atom. The summed E-state index contributed by atoms with van der Waals surface area (Å²) in [7, 11) is 0. The van der Waals surface area contributed by atoms with E-state index in [0.29, 0.717) is 12.0 Å². The highest BCUT2D eigenvalue weighted by Gasteiger charge is 2.30. The molecule has 2 amide bonds. The van der Waals surface area contributed by atoms with E-state index < -0.39 is 0 Å². The van der Waals surface area contributed by atoms with E-state index in [0.717, 1.165) is 25.9 Å². The number of amides is 2. The van der Waals surface area contributed by atoms with Gasteiger partial charge in [0.2, 0.25) is 0 Å². The highest BCUT2D eigenvalue weighted by molar-refractivity contribution is 5.74. The fourth-order valence-electron chi connectivity index (χ4n) is 2.18. The maximum atomic E-state index is 12.0. The van der Waals surface area contributed by atoms with Gasteiger partial charge in [-0.1, -0.05) is 34.6 Å². The molecular weight excluding hydrogens is 200 g/mol. The molecule has 1 unspecified atom stereocenters. The molecule has 1 N–H and O–H groups in total. The molecule has 0 aliphatic carbocycles. The van der Waals surface area contributed by atoms with E-state index in [1.165, 1.54) is 0 Å². The van der Waals surface area contributed by atoms with Gasteiger partial charge in [-0.2, -0.15) is 0 Å². The third-order valence-electron chi connectivity index (χ3n) is 3.10. The minimum atomic E-state index is 0.117. The van der Waals surface area contributed by atoms with E-state index in [1.54, 1.807) is 0 Å². The van der Waals surface area contributed by atoms with E-state index in [1.807, 2.05) is 4.90 Å². The summed E-state index contributed by atoms with van der Waals surface area (Å²) >= 11 is 0. The number of rotatable bonds is 2. The number of hydrogen-bond acceptors (Lipinski definition) is 1. The number of carbonyl (C=O) groups is 1. The zero-order chi connectivity index (χ0) is 12.3. The Bertz CT molecular complexity index is 243. The molecule has 3 heteroatoms. The molecule has 1 aliphatic heterocycles. The lowest BCUT2D eigenvalue weighted by Gasteiger charge is -2.29. The van der Waals surface area contributed by atoms with Crippen LogP contribution >= 0.6 is 0 Å². The molecule has 16 heavy (non-hydrogen) atoms. The first-order chi connectivity index (χ1) is 7.31. The first kappa shape index (κ1) is 13.3. The predicted molar refractivity (Wildman–Crippen MR) is 67.4 cm³/mol. The average molecular weight is 226 g/mol. The summed E-state index contributed by atoms with van der Waals surface area (Å²) in [5.41, 5.74) is 0.155. The van der Waals surface area contributed by atoms with Crippen LogP contribution in [0.2, 0.25) is 0 Å². The third kappa shape index (κ3) is 3.69. The largest absolute Gasteiger partial charge is 0.337 e. The van der Waals surface area contributed by atoms with Crippen LogP contribution in [0.4, 0.5) is 4.79 Å². The molecule has 1 heterocycles. The van der Waals surface area contributed by atoms with E-state index >= 15 is 0 Å². The summed E-state index contributed by atoms with van der Waals surface area (Å²) in [6, 6.07) is 0.547. The SMILES string of the molecule is CC(C)C1CCCN1C(=O)NCC(C)(C)C. The van der Waals surface area contributed by atoms with Gasteiger partial charge in [0.05, 0.1) is 0 Å². The van der Waals surface area contributed by atoms with Crippen molar-refractivity contribution in [1.29, 1.82) is 0 Å². The number of hydrogen-bond donors (Lipinski definition) is 1. The van der Waals surface area contributed by atoms with Gasteiger partial charge in [-0.05, 0) is 24.2 Å². The molecule has 0 spiro atoms. The Morgan fingerprint density at radius 3 is 2.56 bits per heavy atom. The number of nitrogens with zero attached hydrogens (tertiary/aromatic N) is 1. The van der Waals surface area contributed by atoms with E-state index in [9.17, 15) is 4.79 Å². The van der Waals surface area contributed by atoms with Crippen LogP contribution in [0, 0.1) is 11.3 Å². The molecule has 1 fully saturated rings. The number of likely N-dealkylation sites (tertiary alicyclic amines) is 1. The molecular formula is C13H26N2O. The minimum absolute atomic E-state index is 0.117. The van der Waals surface area contributed by atoms with E-state index in [2.05, 4.69) is 39.9 Å². The van der Waals surface area contributed by atoms with E-state index in [4.69, 9.17) is 0 Å². The summed E-state index contributed by atoms with van der Waals surface area (Å²) in [4.78, 5) is 14.0. The van der Waals surface area contributed by atoms with Crippen LogP contribution in [0.3, 0.4) is 0 Å². The number of urea groups is 1. The second-order valence-corrected chi connectivity index (χ2v) is 6.37. The molecule has 0 bridgehead atoms. The van der Waals surface area contributed by atoms with Gasteiger partial charge in [-0.25, -0.2) is 4.79 Å². The lowest BCUT2D eigenvalue weighted by Crippen LogP contribution is -2.46. The molecule has 0 aromatic carbocycles. The minimum Gasteiger partial charge on any atom is -0.337 e. The highest BCUT2D eigenvalue weighted by atomic mass is 16.2. The molecule has 1 atom stereocenters.